The van der Waals surface area contributed by atoms with E-state index in [1.165, 1.54) is 16.7 Å². The first-order valence-corrected chi connectivity index (χ1v) is 6.00. The highest BCUT2D eigenvalue weighted by molar-refractivity contribution is 5.61. The molecular weight excluding hydrogens is 210 g/mol. The summed E-state index contributed by atoms with van der Waals surface area (Å²) in [5, 5.41) is 3.34. The molecule has 1 N–H and O–H groups in total. The maximum atomic E-state index is 4.39. The van der Waals surface area contributed by atoms with Gasteiger partial charge >= 0.3 is 0 Å². The van der Waals surface area contributed by atoms with E-state index in [4.69, 9.17) is 0 Å². The first-order chi connectivity index (χ1) is 8.22. The third-order valence-electron chi connectivity index (χ3n) is 2.93. The number of nitrogens with zero attached hydrogens (tertiary/aromatic N) is 2. The Kier molecular flexibility index (Phi) is 3.59. The minimum atomic E-state index is 0.929. The van der Waals surface area contributed by atoms with E-state index in [2.05, 4.69) is 42.3 Å². The number of nitrogens with one attached hydrogen (secondary N) is 1. The topological polar surface area (TPSA) is 29.9 Å². The Morgan fingerprint density at radius 2 is 2.18 bits per heavy atom. The molecular formula is C14H19N3. The number of aromatic nitrogens is 2. The van der Waals surface area contributed by atoms with Crippen molar-refractivity contribution >= 4 is 0 Å². The largest absolute Gasteiger partial charge is 0.334 e. The SMILES string of the molecule is CCNCc1ccc(-c2nccn2C)c(C)c1. The van der Waals surface area contributed by atoms with Gasteiger partial charge in [0.2, 0.25) is 0 Å². The van der Waals surface area contributed by atoms with Crippen LogP contribution < -0.4 is 5.32 Å². The van der Waals surface area contributed by atoms with Crippen molar-refractivity contribution in [1.29, 1.82) is 0 Å². The van der Waals surface area contributed by atoms with Crippen LogP contribution in [0.3, 0.4) is 0 Å². The van der Waals surface area contributed by atoms with Gasteiger partial charge in [-0.1, -0.05) is 25.1 Å². The van der Waals surface area contributed by atoms with Gasteiger partial charge in [-0.25, -0.2) is 4.98 Å². The van der Waals surface area contributed by atoms with Crippen LogP contribution in [0.15, 0.2) is 30.6 Å². The molecule has 1 aromatic heterocycles. The van der Waals surface area contributed by atoms with Crippen molar-refractivity contribution in [1.82, 2.24) is 14.9 Å². The molecule has 0 amide bonds. The number of benzene rings is 1. The Labute approximate surface area is 103 Å². The van der Waals surface area contributed by atoms with Crippen LogP contribution in [0.4, 0.5) is 0 Å². The Hall–Kier alpha value is -1.61. The van der Waals surface area contributed by atoms with Crippen molar-refractivity contribution in [2.45, 2.75) is 20.4 Å². The number of rotatable bonds is 4. The minimum absolute atomic E-state index is 0.929. The highest BCUT2D eigenvalue weighted by Gasteiger charge is 2.06. The van der Waals surface area contributed by atoms with Crippen molar-refractivity contribution in [2.24, 2.45) is 7.05 Å². The van der Waals surface area contributed by atoms with Crippen LogP contribution in [-0.2, 0) is 13.6 Å². The van der Waals surface area contributed by atoms with E-state index >= 15 is 0 Å². The standard InChI is InChI=1S/C14H19N3/c1-4-15-10-12-5-6-13(11(2)9-12)14-16-7-8-17(14)3/h5-9,15H,4,10H2,1-3H3. The number of imidazole rings is 1. The summed E-state index contributed by atoms with van der Waals surface area (Å²) in [6.07, 6.45) is 3.81. The molecule has 1 heterocycles. The molecule has 1 aromatic carbocycles. The van der Waals surface area contributed by atoms with Gasteiger partial charge in [-0.2, -0.15) is 0 Å². The molecule has 3 nitrogen and oxygen atoms in total. The highest BCUT2D eigenvalue weighted by Crippen LogP contribution is 2.22. The highest BCUT2D eigenvalue weighted by atomic mass is 15.0. The lowest BCUT2D eigenvalue weighted by atomic mass is 10.0. The predicted octanol–water partition coefficient (Wildman–Crippen LogP) is 2.51. The zero-order valence-electron chi connectivity index (χ0n) is 10.7. The van der Waals surface area contributed by atoms with Gasteiger partial charge in [-0.05, 0) is 24.6 Å². The summed E-state index contributed by atoms with van der Waals surface area (Å²) in [5.41, 5.74) is 3.80. The third-order valence-corrected chi connectivity index (χ3v) is 2.93. The van der Waals surface area contributed by atoms with Crippen LogP contribution in [0, 0.1) is 6.92 Å². The lowest BCUT2D eigenvalue weighted by Gasteiger charge is -2.09. The fourth-order valence-electron chi connectivity index (χ4n) is 1.98. The van der Waals surface area contributed by atoms with Gasteiger partial charge in [-0.15, -0.1) is 0 Å². The van der Waals surface area contributed by atoms with E-state index in [1.807, 2.05) is 24.0 Å². The number of aryl methyl sites for hydroxylation is 2. The van der Waals surface area contributed by atoms with Crippen LogP contribution >= 0.6 is 0 Å². The average molecular weight is 229 g/mol. The molecule has 3 heteroatoms. The second-order valence-corrected chi connectivity index (χ2v) is 4.29. The molecule has 0 spiro atoms. The maximum absolute atomic E-state index is 4.39. The van der Waals surface area contributed by atoms with Gasteiger partial charge in [0, 0.05) is 31.5 Å². The van der Waals surface area contributed by atoms with Gasteiger partial charge < -0.3 is 9.88 Å². The van der Waals surface area contributed by atoms with Crippen molar-refractivity contribution in [3.63, 3.8) is 0 Å². The first-order valence-electron chi connectivity index (χ1n) is 6.00. The molecule has 0 saturated carbocycles. The van der Waals surface area contributed by atoms with Crippen molar-refractivity contribution in [3.8, 4) is 11.4 Å². The van der Waals surface area contributed by atoms with Crippen molar-refractivity contribution < 1.29 is 0 Å². The molecule has 2 aromatic rings. The molecule has 0 radical (unpaired) electrons. The Morgan fingerprint density at radius 1 is 1.35 bits per heavy atom. The summed E-state index contributed by atoms with van der Waals surface area (Å²) >= 11 is 0. The zero-order valence-corrected chi connectivity index (χ0v) is 10.7. The van der Waals surface area contributed by atoms with Crippen molar-refractivity contribution in [2.75, 3.05) is 6.54 Å². The van der Waals surface area contributed by atoms with E-state index in [1.54, 1.807) is 0 Å². The van der Waals surface area contributed by atoms with E-state index in [-0.39, 0.29) is 0 Å². The Bertz CT molecular complexity index is 500. The zero-order chi connectivity index (χ0) is 12.3. The maximum Gasteiger partial charge on any atom is 0.139 e. The Morgan fingerprint density at radius 3 is 2.76 bits per heavy atom. The molecule has 0 bridgehead atoms. The average Bonchev–Trinajstić information content (AvgIpc) is 2.73. The second-order valence-electron chi connectivity index (χ2n) is 4.29. The molecule has 17 heavy (non-hydrogen) atoms. The minimum Gasteiger partial charge on any atom is -0.334 e. The molecule has 0 saturated heterocycles. The molecule has 0 aliphatic rings. The van der Waals surface area contributed by atoms with Gasteiger partial charge in [0.1, 0.15) is 5.82 Å². The van der Waals surface area contributed by atoms with Crippen molar-refractivity contribution in [3.05, 3.63) is 41.7 Å². The summed E-state index contributed by atoms with van der Waals surface area (Å²) in [5.74, 6) is 1.03. The molecule has 90 valence electrons. The third kappa shape index (κ3) is 2.56. The fourth-order valence-corrected chi connectivity index (χ4v) is 1.98. The molecule has 0 atom stereocenters. The van der Waals surface area contributed by atoms with Crippen LogP contribution in [-0.4, -0.2) is 16.1 Å². The van der Waals surface area contributed by atoms with E-state index in [9.17, 15) is 0 Å². The quantitative estimate of drug-likeness (QED) is 0.873. The monoisotopic (exact) mass is 229 g/mol. The van der Waals surface area contributed by atoms with Crippen LogP contribution in [0.5, 0.6) is 0 Å². The number of hydrogen-bond acceptors (Lipinski definition) is 2. The van der Waals surface area contributed by atoms with Gasteiger partial charge in [0.25, 0.3) is 0 Å². The number of hydrogen-bond donors (Lipinski definition) is 1. The van der Waals surface area contributed by atoms with Gasteiger partial charge in [0.05, 0.1) is 0 Å². The van der Waals surface area contributed by atoms with Crippen LogP contribution in [0.2, 0.25) is 0 Å². The van der Waals surface area contributed by atoms with Crippen LogP contribution in [0.25, 0.3) is 11.4 Å². The first kappa shape index (κ1) is 11.9. The van der Waals surface area contributed by atoms with Gasteiger partial charge in [-0.3, -0.25) is 0 Å². The van der Waals surface area contributed by atoms with E-state index in [0.29, 0.717) is 0 Å². The van der Waals surface area contributed by atoms with Crippen LogP contribution in [0.1, 0.15) is 18.1 Å². The molecule has 2 rings (SSSR count). The fraction of sp³-hybridized carbons (Fsp3) is 0.357. The molecule has 0 aliphatic heterocycles. The molecule has 0 fully saturated rings. The summed E-state index contributed by atoms with van der Waals surface area (Å²) in [7, 11) is 2.02. The lowest BCUT2D eigenvalue weighted by molar-refractivity contribution is 0.726. The summed E-state index contributed by atoms with van der Waals surface area (Å²) in [6.45, 7) is 6.19. The summed E-state index contributed by atoms with van der Waals surface area (Å²) < 4.78 is 2.05. The van der Waals surface area contributed by atoms with Gasteiger partial charge in [0.15, 0.2) is 0 Å². The lowest BCUT2D eigenvalue weighted by Crippen LogP contribution is -2.11. The summed E-state index contributed by atoms with van der Waals surface area (Å²) in [6, 6.07) is 6.55. The van der Waals surface area contributed by atoms with E-state index in [0.717, 1.165) is 18.9 Å². The normalized spacial score (nSPS) is 10.8. The predicted molar refractivity (Wildman–Crippen MR) is 70.8 cm³/mol. The van der Waals surface area contributed by atoms with E-state index < -0.39 is 0 Å². The Balaban J connectivity index is 2.29. The molecule has 0 unspecified atom stereocenters. The smallest absolute Gasteiger partial charge is 0.139 e. The second kappa shape index (κ2) is 5.15. The molecule has 0 aliphatic carbocycles. The summed E-state index contributed by atoms with van der Waals surface area (Å²) in [4.78, 5) is 4.39.